The van der Waals surface area contributed by atoms with Crippen LogP contribution in [0.2, 0.25) is 0 Å². The maximum absolute atomic E-state index is 12.9. The van der Waals surface area contributed by atoms with Crippen LogP contribution in [0.4, 0.5) is 0 Å². The molecule has 6 rings (SSSR count). The van der Waals surface area contributed by atoms with E-state index in [-0.39, 0.29) is 17.4 Å². The summed E-state index contributed by atoms with van der Waals surface area (Å²) in [4.78, 5) is 22.2. The number of hydrogen-bond donors (Lipinski definition) is 1. The van der Waals surface area contributed by atoms with E-state index in [9.17, 15) is 4.79 Å². The molecule has 2 aromatic rings. The van der Waals surface area contributed by atoms with Crippen molar-refractivity contribution in [2.45, 2.75) is 24.3 Å². The highest BCUT2D eigenvalue weighted by molar-refractivity contribution is 5.77. The van der Waals surface area contributed by atoms with Gasteiger partial charge in [-0.1, -0.05) is 30.3 Å². The van der Waals surface area contributed by atoms with Crippen molar-refractivity contribution in [2.24, 2.45) is 5.92 Å². The average molecular weight is 377 g/mol. The monoisotopic (exact) mass is 376 g/mol. The van der Waals surface area contributed by atoms with E-state index in [1.165, 1.54) is 11.1 Å². The van der Waals surface area contributed by atoms with Gasteiger partial charge in [-0.2, -0.15) is 0 Å². The van der Waals surface area contributed by atoms with Crippen LogP contribution in [0.3, 0.4) is 0 Å². The molecule has 4 aliphatic heterocycles. The number of benzene rings is 1. The van der Waals surface area contributed by atoms with E-state index in [1.54, 1.807) is 12.4 Å². The molecule has 3 atom stereocenters. The van der Waals surface area contributed by atoms with Crippen molar-refractivity contribution in [1.82, 2.24) is 20.1 Å². The number of hydrogen-bond acceptors (Lipinski definition) is 4. The molecule has 0 spiro atoms. The van der Waals surface area contributed by atoms with Gasteiger partial charge in [-0.05, 0) is 29.7 Å². The van der Waals surface area contributed by atoms with Crippen LogP contribution in [-0.2, 0) is 16.6 Å². The topological polar surface area (TPSA) is 48.5 Å². The Labute approximate surface area is 166 Å². The molecule has 1 amide bonds. The third-order valence-electron chi connectivity index (χ3n) is 6.85. The fourth-order valence-electron chi connectivity index (χ4n) is 5.62. The van der Waals surface area contributed by atoms with Gasteiger partial charge in [0.15, 0.2) is 0 Å². The molecule has 5 nitrogen and oxygen atoms in total. The number of aryl methyl sites for hydroxylation is 1. The number of carbonyl (C=O) groups is 1. The van der Waals surface area contributed by atoms with Crippen LogP contribution in [0.15, 0.2) is 54.9 Å². The van der Waals surface area contributed by atoms with Crippen molar-refractivity contribution in [3.05, 3.63) is 66.0 Å². The van der Waals surface area contributed by atoms with Crippen molar-refractivity contribution in [2.75, 3.05) is 39.3 Å². The maximum atomic E-state index is 12.9. The number of carbonyl (C=O) groups excluding carboxylic acids is 1. The second-order valence-corrected chi connectivity index (χ2v) is 8.65. The predicted molar refractivity (Wildman–Crippen MR) is 109 cm³/mol. The van der Waals surface area contributed by atoms with Gasteiger partial charge < -0.3 is 15.1 Å². The number of amides is 1. The van der Waals surface area contributed by atoms with Gasteiger partial charge in [-0.25, -0.2) is 0 Å². The van der Waals surface area contributed by atoms with Crippen LogP contribution in [-0.4, -0.2) is 66.0 Å². The highest BCUT2D eigenvalue weighted by Crippen LogP contribution is 2.43. The smallest absolute Gasteiger partial charge is 0.220 e. The van der Waals surface area contributed by atoms with Crippen molar-refractivity contribution < 1.29 is 4.79 Å². The van der Waals surface area contributed by atoms with Gasteiger partial charge in [0.1, 0.15) is 0 Å². The van der Waals surface area contributed by atoms with Crippen molar-refractivity contribution in [1.29, 1.82) is 0 Å². The number of aromatic nitrogens is 1. The number of rotatable bonds is 5. The minimum atomic E-state index is -0.00868. The van der Waals surface area contributed by atoms with E-state index in [2.05, 4.69) is 50.4 Å². The highest BCUT2D eigenvalue weighted by Gasteiger charge is 2.55. The first-order valence-electron chi connectivity index (χ1n) is 10.4. The normalized spacial score (nSPS) is 33.4. The van der Waals surface area contributed by atoms with Crippen molar-refractivity contribution in [3.63, 3.8) is 0 Å². The van der Waals surface area contributed by atoms with Crippen LogP contribution in [0.5, 0.6) is 0 Å². The Morgan fingerprint density at radius 1 is 1.04 bits per heavy atom. The molecule has 4 saturated heterocycles. The lowest BCUT2D eigenvalue weighted by Gasteiger charge is -2.55. The third kappa shape index (κ3) is 3.23. The molecule has 28 heavy (non-hydrogen) atoms. The summed E-state index contributed by atoms with van der Waals surface area (Å²) >= 11 is 0. The first-order chi connectivity index (χ1) is 13.7. The Hall–Kier alpha value is -2.24. The van der Waals surface area contributed by atoms with E-state index >= 15 is 0 Å². The summed E-state index contributed by atoms with van der Waals surface area (Å²) in [6.07, 6.45) is 4.89. The summed E-state index contributed by atoms with van der Waals surface area (Å²) in [5.41, 5.74) is 2.53. The fraction of sp³-hybridized carbons (Fsp3) is 0.478. The molecule has 1 aromatic heterocycles. The summed E-state index contributed by atoms with van der Waals surface area (Å²) in [5.74, 6) is 0.670. The van der Waals surface area contributed by atoms with Crippen LogP contribution < -0.4 is 5.32 Å². The Kier molecular flexibility index (Phi) is 4.65. The molecule has 0 radical (unpaired) electrons. The second-order valence-electron chi connectivity index (χ2n) is 8.65. The molecule has 5 heterocycles. The number of nitrogens with zero attached hydrogens (tertiary/aromatic N) is 3. The summed E-state index contributed by atoms with van der Waals surface area (Å²) in [7, 11) is 0. The van der Waals surface area contributed by atoms with E-state index in [4.69, 9.17) is 0 Å². The number of pyridine rings is 1. The van der Waals surface area contributed by atoms with Gasteiger partial charge in [0.05, 0.1) is 0 Å². The SMILES string of the molecule is O=C(CCc1ccncc1)N[C@H]1C2CN3CCN(C2)CC1(c1ccccc1)C3. The Morgan fingerprint density at radius 3 is 2.39 bits per heavy atom. The van der Waals surface area contributed by atoms with Gasteiger partial charge in [0.25, 0.3) is 0 Å². The zero-order chi connectivity index (χ0) is 19.0. The first kappa shape index (κ1) is 17.8. The van der Waals surface area contributed by atoms with Crippen LogP contribution in [0.25, 0.3) is 0 Å². The Morgan fingerprint density at radius 2 is 1.71 bits per heavy atom. The minimum Gasteiger partial charge on any atom is -0.352 e. The Bertz CT molecular complexity index is 809. The van der Waals surface area contributed by atoms with Gasteiger partial charge in [0, 0.05) is 75.5 Å². The number of nitrogens with one attached hydrogen (secondary N) is 1. The number of piperidine rings is 2. The quantitative estimate of drug-likeness (QED) is 0.863. The highest BCUT2D eigenvalue weighted by atomic mass is 16.1. The lowest BCUT2D eigenvalue weighted by Crippen LogP contribution is -2.70. The molecule has 2 unspecified atom stereocenters. The summed E-state index contributed by atoms with van der Waals surface area (Å²) < 4.78 is 0. The number of fused-ring (bicyclic) bond motifs is 1. The van der Waals surface area contributed by atoms with E-state index < -0.39 is 0 Å². The molecule has 0 saturated carbocycles. The van der Waals surface area contributed by atoms with Gasteiger partial charge in [-0.15, -0.1) is 0 Å². The largest absolute Gasteiger partial charge is 0.352 e. The zero-order valence-corrected chi connectivity index (χ0v) is 16.3. The molecule has 1 N–H and O–H groups in total. The van der Waals surface area contributed by atoms with Crippen LogP contribution in [0.1, 0.15) is 17.5 Å². The molecular weight excluding hydrogens is 348 g/mol. The summed E-state index contributed by atoms with van der Waals surface area (Å²) in [6.45, 7) is 6.57. The van der Waals surface area contributed by atoms with Crippen LogP contribution >= 0.6 is 0 Å². The molecule has 146 valence electrons. The fourth-order valence-corrected chi connectivity index (χ4v) is 5.62. The minimum absolute atomic E-state index is 0.00868. The first-order valence-corrected chi connectivity index (χ1v) is 10.4. The van der Waals surface area contributed by atoms with Gasteiger partial charge in [0.2, 0.25) is 5.91 Å². The molecule has 0 aliphatic carbocycles. The van der Waals surface area contributed by atoms with Crippen molar-refractivity contribution in [3.8, 4) is 0 Å². The molecule has 4 fully saturated rings. The summed E-state index contributed by atoms with van der Waals surface area (Å²) in [5, 5.41) is 3.49. The third-order valence-corrected chi connectivity index (χ3v) is 6.85. The molecule has 4 bridgehead atoms. The summed E-state index contributed by atoms with van der Waals surface area (Å²) in [6, 6.07) is 15.1. The average Bonchev–Trinajstić information content (AvgIpc) is 2.99. The lowest BCUT2D eigenvalue weighted by molar-refractivity contribution is -0.124. The second kappa shape index (κ2) is 7.30. The van der Waals surface area contributed by atoms with E-state index in [0.717, 1.165) is 45.7 Å². The lowest BCUT2D eigenvalue weighted by atomic mass is 9.64. The zero-order valence-electron chi connectivity index (χ0n) is 16.3. The van der Waals surface area contributed by atoms with E-state index in [0.29, 0.717) is 12.3 Å². The predicted octanol–water partition coefficient (Wildman–Crippen LogP) is 1.70. The molecule has 5 heteroatoms. The van der Waals surface area contributed by atoms with Crippen LogP contribution in [0, 0.1) is 5.92 Å². The molecule has 1 aromatic carbocycles. The molecule has 4 aliphatic rings. The Balaban J connectivity index is 1.38. The van der Waals surface area contributed by atoms with Gasteiger partial charge >= 0.3 is 0 Å². The standard InChI is InChI=1S/C23H28N4O/c28-21(7-6-18-8-10-24-11-9-18)25-22-19-14-26-12-13-27(15-19)17-23(22,16-26)20-4-2-1-3-5-20/h1-5,8-11,19,22H,6-7,12-17H2,(H,25,28)/t19?,22-,23?/m0/s1. The van der Waals surface area contributed by atoms with E-state index in [1.807, 2.05) is 12.1 Å². The van der Waals surface area contributed by atoms with Crippen molar-refractivity contribution >= 4 is 5.91 Å². The van der Waals surface area contributed by atoms with Gasteiger partial charge in [-0.3, -0.25) is 9.78 Å². The maximum Gasteiger partial charge on any atom is 0.220 e. The molecular formula is C23H28N4O.